The SMILES string of the molecule is O=C(C=Cc1nc2ccccc2s1)NCCc1ccc(F)cc1. The first kappa shape index (κ1) is 15.4. The molecule has 1 amide bonds. The summed E-state index contributed by atoms with van der Waals surface area (Å²) in [5.41, 5.74) is 1.93. The number of thiazole rings is 1. The predicted molar refractivity (Wildman–Crippen MR) is 91.8 cm³/mol. The van der Waals surface area contributed by atoms with Crippen molar-refractivity contribution in [3.05, 3.63) is 71.0 Å². The molecule has 23 heavy (non-hydrogen) atoms. The van der Waals surface area contributed by atoms with Crippen molar-refractivity contribution in [3.63, 3.8) is 0 Å². The summed E-state index contributed by atoms with van der Waals surface area (Å²) >= 11 is 1.55. The highest BCUT2D eigenvalue weighted by Crippen LogP contribution is 2.22. The van der Waals surface area contributed by atoms with Crippen LogP contribution in [0.5, 0.6) is 0 Å². The topological polar surface area (TPSA) is 42.0 Å². The zero-order valence-electron chi connectivity index (χ0n) is 12.3. The predicted octanol–water partition coefficient (Wildman–Crippen LogP) is 3.81. The molecule has 0 fully saturated rings. The zero-order chi connectivity index (χ0) is 16.1. The van der Waals surface area contributed by atoms with E-state index in [-0.39, 0.29) is 11.7 Å². The van der Waals surface area contributed by atoms with Crippen molar-refractivity contribution in [3.8, 4) is 0 Å². The number of carbonyl (C=O) groups excluding carboxylic acids is 1. The number of benzene rings is 2. The van der Waals surface area contributed by atoms with E-state index in [0.717, 1.165) is 20.8 Å². The summed E-state index contributed by atoms with van der Waals surface area (Å²) < 4.78 is 13.9. The first-order valence-corrected chi connectivity index (χ1v) is 8.08. The highest BCUT2D eigenvalue weighted by atomic mass is 32.1. The first-order chi connectivity index (χ1) is 11.2. The molecule has 3 rings (SSSR count). The second-order valence-electron chi connectivity index (χ2n) is 5.02. The summed E-state index contributed by atoms with van der Waals surface area (Å²) in [6.07, 6.45) is 3.88. The molecule has 0 aliphatic heterocycles. The van der Waals surface area contributed by atoms with E-state index in [9.17, 15) is 9.18 Å². The van der Waals surface area contributed by atoms with Gasteiger partial charge >= 0.3 is 0 Å². The van der Waals surface area contributed by atoms with Gasteiger partial charge in [0, 0.05) is 12.6 Å². The molecule has 0 saturated heterocycles. The molecule has 5 heteroatoms. The molecule has 3 nitrogen and oxygen atoms in total. The van der Waals surface area contributed by atoms with Gasteiger partial charge in [-0.3, -0.25) is 4.79 Å². The van der Waals surface area contributed by atoms with Gasteiger partial charge in [0.05, 0.1) is 10.2 Å². The molecular formula is C18H15FN2OS. The van der Waals surface area contributed by atoms with Crippen LogP contribution in [0.15, 0.2) is 54.6 Å². The highest BCUT2D eigenvalue weighted by molar-refractivity contribution is 7.19. The van der Waals surface area contributed by atoms with Crippen molar-refractivity contribution in [1.82, 2.24) is 10.3 Å². The van der Waals surface area contributed by atoms with Crippen LogP contribution in [0.1, 0.15) is 10.6 Å². The van der Waals surface area contributed by atoms with E-state index in [0.29, 0.717) is 13.0 Å². The standard InChI is InChI=1S/C18H15FN2OS/c19-14-7-5-13(6-8-14)11-12-20-17(22)9-10-18-21-15-3-1-2-4-16(15)23-18/h1-10H,11-12H2,(H,20,22). The van der Waals surface area contributed by atoms with Gasteiger partial charge in [0.2, 0.25) is 5.91 Å². The van der Waals surface area contributed by atoms with Gasteiger partial charge in [0.1, 0.15) is 10.8 Å². The van der Waals surface area contributed by atoms with Crippen LogP contribution >= 0.6 is 11.3 Å². The molecule has 0 radical (unpaired) electrons. The summed E-state index contributed by atoms with van der Waals surface area (Å²) in [6.45, 7) is 0.509. The Bertz CT molecular complexity index is 807. The van der Waals surface area contributed by atoms with E-state index in [1.807, 2.05) is 24.3 Å². The van der Waals surface area contributed by atoms with Crippen LogP contribution in [0.3, 0.4) is 0 Å². The zero-order valence-corrected chi connectivity index (χ0v) is 13.1. The van der Waals surface area contributed by atoms with E-state index >= 15 is 0 Å². The molecule has 0 aliphatic carbocycles. The minimum atomic E-state index is -0.253. The third-order valence-corrected chi connectivity index (χ3v) is 4.32. The summed E-state index contributed by atoms with van der Waals surface area (Å²) in [7, 11) is 0. The molecule has 0 spiro atoms. The lowest BCUT2D eigenvalue weighted by Crippen LogP contribution is -2.23. The van der Waals surface area contributed by atoms with Gasteiger partial charge in [-0.1, -0.05) is 24.3 Å². The Morgan fingerprint density at radius 2 is 1.96 bits per heavy atom. The number of aromatic nitrogens is 1. The van der Waals surface area contributed by atoms with Gasteiger partial charge in [0.15, 0.2) is 0 Å². The third-order valence-electron chi connectivity index (χ3n) is 3.31. The molecule has 2 aromatic carbocycles. The number of rotatable bonds is 5. The molecule has 1 heterocycles. The van der Waals surface area contributed by atoms with Crippen LogP contribution in [-0.2, 0) is 11.2 Å². The number of nitrogens with one attached hydrogen (secondary N) is 1. The van der Waals surface area contributed by atoms with E-state index in [1.54, 1.807) is 29.5 Å². The van der Waals surface area contributed by atoms with Crippen LogP contribution in [0.25, 0.3) is 16.3 Å². The normalized spacial score (nSPS) is 11.2. The number of hydrogen-bond donors (Lipinski definition) is 1. The van der Waals surface area contributed by atoms with Crippen molar-refractivity contribution >= 4 is 33.5 Å². The Kier molecular flexibility index (Phi) is 4.78. The van der Waals surface area contributed by atoms with Gasteiger partial charge in [-0.2, -0.15) is 0 Å². The lowest BCUT2D eigenvalue weighted by molar-refractivity contribution is -0.116. The van der Waals surface area contributed by atoms with Crippen molar-refractivity contribution < 1.29 is 9.18 Å². The maximum Gasteiger partial charge on any atom is 0.244 e. The monoisotopic (exact) mass is 326 g/mol. The Labute approximate surface area is 137 Å². The quantitative estimate of drug-likeness (QED) is 0.725. The number of carbonyl (C=O) groups is 1. The fourth-order valence-electron chi connectivity index (χ4n) is 2.15. The van der Waals surface area contributed by atoms with Gasteiger partial charge in [-0.05, 0) is 42.3 Å². The molecule has 116 valence electrons. The summed E-state index contributed by atoms with van der Waals surface area (Å²) in [5.74, 6) is -0.414. The highest BCUT2D eigenvalue weighted by Gasteiger charge is 2.01. The average molecular weight is 326 g/mol. The molecule has 0 bridgehead atoms. The van der Waals surface area contributed by atoms with E-state index in [1.165, 1.54) is 18.2 Å². The summed E-state index contributed by atoms with van der Waals surface area (Å²) in [4.78, 5) is 16.2. The number of nitrogens with zero attached hydrogens (tertiary/aromatic N) is 1. The molecule has 1 N–H and O–H groups in total. The molecule has 0 saturated carbocycles. The minimum absolute atomic E-state index is 0.161. The van der Waals surface area contributed by atoms with Gasteiger partial charge in [0.25, 0.3) is 0 Å². The maximum absolute atomic E-state index is 12.8. The lowest BCUT2D eigenvalue weighted by atomic mass is 10.1. The fourth-order valence-corrected chi connectivity index (χ4v) is 3.02. The maximum atomic E-state index is 12.8. The molecule has 0 unspecified atom stereocenters. The van der Waals surface area contributed by atoms with Gasteiger partial charge in [-0.25, -0.2) is 9.37 Å². The van der Waals surface area contributed by atoms with Crippen molar-refractivity contribution in [2.24, 2.45) is 0 Å². The van der Waals surface area contributed by atoms with Gasteiger partial charge in [-0.15, -0.1) is 11.3 Å². The van der Waals surface area contributed by atoms with E-state index in [4.69, 9.17) is 0 Å². The third kappa shape index (κ3) is 4.23. The number of hydrogen-bond acceptors (Lipinski definition) is 3. The van der Waals surface area contributed by atoms with Crippen LogP contribution < -0.4 is 5.32 Å². The Morgan fingerprint density at radius 3 is 2.74 bits per heavy atom. The van der Waals surface area contributed by atoms with Crippen LogP contribution in [0, 0.1) is 5.82 Å². The van der Waals surface area contributed by atoms with Crippen molar-refractivity contribution in [2.75, 3.05) is 6.54 Å². The molecule has 0 atom stereocenters. The second-order valence-corrected chi connectivity index (χ2v) is 6.08. The van der Waals surface area contributed by atoms with Crippen LogP contribution in [0.4, 0.5) is 4.39 Å². The van der Waals surface area contributed by atoms with E-state index < -0.39 is 0 Å². The molecule has 3 aromatic rings. The average Bonchev–Trinajstić information content (AvgIpc) is 2.98. The number of halogens is 1. The van der Waals surface area contributed by atoms with Gasteiger partial charge < -0.3 is 5.32 Å². The Morgan fingerprint density at radius 1 is 1.17 bits per heavy atom. The Balaban J connectivity index is 1.51. The molecule has 0 aliphatic rings. The van der Waals surface area contributed by atoms with Crippen LogP contribution in [0.2, 0.25) is 0 Å². The molecular weight excluding hydrogens is 311 g/mol. The summed E-state index contributed by atoms with van der Waals surface area (Å²) in [5, 5.41) is 3.61. The van der Waals surface area contributed by atoms with Crippen molar-refractivity contribution in [1.29, 1.82) is 0 Å². The lowest BCUT2D eigenvalue weighted by Gasteiger charge is -2.02. The summed E-state index contributed by atoms with van der Waals surface area (Å²) in [6, 6.07) is 14.2. The van der Waals surface area contributed by atoms with Crippen LogP contribution in [-0.4, -0.2) is 17.4 Å². The van der Waals surface area contributed by atoms with E-state index in [2.05, 4.69) is 10.3 Å². The Hall–Kier alpha value is -2.53. The second kappa shape index (κ2) is 7.15. The van der Waals surface area contributed by atoms with Crippen molar-refractivity contribution in [2.45, 2.75) is 6.42 Å². The smallest absolute Gasteiger partial charge is 0.244 e. The number of fused-ring (bicyclic) bond motifs is 1. The fraction of sp³-hybridized carbons (Fsp3) is 0.111. The number of amides is 1. The molecule has 1 aromatic heterocycles. The minimum Gasteiger partial charge on any atom is -0.352 e. The largest absolute Gasteiger partial charge is 0.352 e. The first-order valence-electron chi connectivity index (χ1n) is 7.27. The number of para-hydroxylation sites is 1.